The molecule has 4 atom stereocenters. The first-order valence-corrected chi connectivity index (χ1v) is 12.3. The quantitative estimate of drug-likeness (QED) is 0.128. The summed E-state index contributed by atoms with van der Waals surface area (Å²) in [6.45, 7) is 11.3. The van der Waals surface area contributed by atoms with E-state index < -0.39 is 95.6 Å². The maximum atomic E-state index is 14.5. The van der Waals surface area contributed by atoms with Gasteiger partial charge in [-0.15, -0.1) is 0 Å². The number of carbonyl (C=O) groups is 3. The molecule has 0 spiro atoms. The Morgan fingerprint density at radius 2 is 1.00 bits per heavy atom. The van der Waals surface area contributed by atoms with E-state index in [1.165, 1.54) is 20.8 Å². The van der Waals surface area contributed by atoms with Gasteiger partial charge in [0.1, 0.15) is 17.3 Å². The molecule has 1 saturated carbocycles. The Kier molecular flexibility index (Phi) is 10.3. The number of alkyl halides is 9. The van der Waals surface area contributed by atoms with Gasteiger partial charge in [0.2, 0.25) is 5.60 Å². The van der Waals surface area contributed by atoms with Crippen LogP contribution in [0.15, 0.2) is 12.2 Å². The predicted molar refractivity (Wildman–Crippen MR) is 125 cm³/mol. The van der Waals surface area contributed by atoms with Crippen LogP contribution in [0.25, 0.3) is 0 Å². The zero-order chi connectivity index (χ0) is 33.5. The SMILES string of the molecule is C=C(C)C(=O)OC1C(C(C)(OC(=O)OC(C)(C)C)C(F)(F)F)CCC1C(OC(=O)OC(C)(C)C)(C(F)(F)F)C(F)(F)F. The molecule has 1 fully saturated rings. The number of hydrogen-bond acceptors (Lipinski definition) is 8. The van der Waals surface area contributed by atoms with Gasteiger partial charge in [-0.25, -0.2) is 14.4 Å². The molecule has 42 heavy (non-hydrogen) atoms. The van der Waals surface area contributed by atoms with Crippen LogP contribution in [-0.2, 0) is 28.5 Å². The van der Waals surface area contributed by atoms with E-state index in [-0.39, 0.29) is 6.92 Å². The monoisotopic (exact) mass is 632 g/mol. The fourth-order valence-electron chi connectivity index (χ4n) is 4.34. The van der Waals surface area contributed by atoms with Crippen molar-refractivity contribution in [1.82, 2.24) is 0 Å². The van der Waals surface area contributed by atoms with Gasteiger partial charge in [0, 0.05) is 11.5 Å². The molecule has 0 amide bonds. The van der Waals surface area contributed by atoms with Crippen molar-refractivity contribution < 1.29 is 77.6 Å². The van der Waals surface area contributed by atoms with E-state index in [0.717, 1.165) is 27.7 Å². The molecule has 0 aromatic rings. The molecule has 0 radical (unpaired) electrons. The summed E-state index contributed by atoms with van der Waals surface area (Å²) in [7, 11) is 0. The van der Waals surface area contributed by atoms with Crippen LogP contribution in [0.3, 0.4) is 0 Å². The molecular formula is C25H33F9O8. The first-order chi connectivity index (χ1) is 18.4. The molecule has 0 saturated heterocycles. The summed E-state index contributed by atoms with van der Waals surface area (Å²) in [6.07, 6.45) is -28.6. The lowest BCUT2D eigenvalue weighted by Gasteiger charge is -2.44. The molecule has 0 bridgehead atoms. The van der Waals surface area contributed by atoms with E-state index in [9.17, 15) is 53.9 Å². The second-order valence-electron chi connectivity index (χ2n) is 11.9. The van der Waals surface area contributed by atoms with E-state index in [0.29, 0.717) is 0 Å². The van der Waals surface area contributed by atoms with E-state index in [4.69, 9.17) is 9.47 Å². The minimum atomic E-state index is -6.53. The molecular weight excluding hydrogens is 599 g/mol. The number of hydrogen-bond donors (Lipinski definition) is 0. The third kappa shape index (κ3) is 8.14. The van der Waals surface area contributed by atoms with Crippen molar-refractivity contribution in [2.24, 2.45) is 11.8 Å². The Balaban J connectivity index is 3.96. The van der Waals surface area contributed by atoms with Crippen LogP contribution in [0.4, 0.5) is 49.1 Å². The molecule has 1 rings (SSSR count). The fraction of sp³-hybridized carbons (Fsp3) is 0.800. The standard InChI is InChI=1S/C25H33F9O8/c1-12(2)16(35)38-15-13(21(9,23(26,27)28)41-17(36)39-19(3,4)5)10-11-14(15)22(24(29,30)31,25(32,33)34)42-18(37)40-20(6,7)8/h13-15H,1,10-11H2,2-9H3. The van der Waals surface area contributed by atoms with Gasteiger partial charge in [-0.05, 0) is 68.2 Å². The van der Waals surface area contributed by atoms with Gasteiger partial charge in [0.15, 0.2) is 0 Å². The summed E-state index contributed by atoms with van der Waals surface area (Å²) >= 11 is 0. The third-order valence-electron chi connectivity index (χ3n) is 6.13. The number of esters is 1. The number of ether oxygens (including phenoxy) is 5. The average molecular weight is 633 g/mol. The fourth-order valence-corrected chi connectivity index (χ4v) is 4.34. The minimum Gasteiger partial charge on any atom is -0.458 e. The Hall–Kier alpha value is -2.88. The largest absolute Gasteiger partial charge is 0.510 e. The molecule has 0 aliphatic heterocycles. The van der Waals surface area contributed by atoms with E-state index in [2.05, 4.69) is 20.8 Å². The van der Waals surface area contributed by atoms with Crippen molar-refractivity contribution in [2.45, 2.75) is 115 Å². The second-order valence-corrected chi connectivity index (χ2v) is 11.9. The molecule has 0 aromatic heterocycles. The second kappa shape index (κ2) is 11.7. The minimum absolute atomic E-state index is 0.184. The maximum Gasteiger partial charge on any atom is 0.510 e. The van der Waals surface area contributed by atoms with Crippen LogP contribution >= 0.6 is 0 Å². The zero-order valence-electron chi connectivity index (χ0n) is 24.0. The predicted octanol–water partition coefficient (Wildman–Crippen LogP) is 7.59. The van der Waals surface area contributed by atoms with Crippen LogP contribution in [0.5, 0.6) is 0 Å². The van der Waals surface area contributed by atoms with Gasteiger partial charge in [0.05, 0.1) is 5.92 Å². The van der Waals surface area contributed by atoms with Crippen LogP contribution in [0.2, 0.25) is 0 Å². The summed E-state index contributed by atoms with van der Waals surface area (Å²) in [4.78, 5) is 36.9. The van der Waals surface area contributed by atoms with Gasteiger partial charge in [-0.3, -0.25) is 0 Å². The van der Waals surface area contributed by atoms with E-state index in [1.54, 1.807) is 0 Å². The van der Waals surface area contributed by atoms with Gasteiger partial charge >= 0.3 is 42.4 Å². The van der Waals surface area contributed by atoms with Gasteiger partial charge in [-0.2, -0.15) is 39.5 Å². The lowest BCUT2D eigenvalue weighted by atomic mass is 9.78. The lowest BCUT2D eigenvalue weighted by Crippen LogP contribution is -2.67. The Morgan fingerprint density at radius 1 is 0.619 bits per heavy atom. The highest BCUT2D eigenvalue weighted by molar-refractivity contribution is 5.87. The van der Waals surface area contributed by atoms with E-state index in [1.807, 2.05) is 0 Å². The van der Waals surface area contributed by atoms with Crippen LogP contribution < -0.4 is 0 Å². The number of rotatable bonds is 6. The summed E-state index contributed by atoms with van der Waals surface area (Å²) in [5, 5.41) is 0. The zero-order valence-corrected chi connectivity index (χ0v) is 24.0. The lowest BCUT2D eigenvalue weighted by molar-refractivity contribution is -0.391. The van der Waals surface area contributed by atoms with Crippen LogP contribution in [-0.4, -0.2) is 65.3 Å². The van der Waals surface area contributed by atoms with Crippen molar-refractivity contribution in [2.75, 3.05) is 0 Å². The molecule has 4 unspecified atom stereocenters. The maximum absolute atomic E-state index is 14.5. The van der Waals surface area contributed by atoms with Gasteiger partial charge in [-0.1, -0.05) is 6.58 Å². The molecule has 1 aliphatic rings. The van der Waals surface area contributed by atoms with Crippen molar-refractivity contribution in [3.05, 3.63) is 12.2 Å². The first kappa shape index (κ1) is 37.1. The topological polar surface area (TPSA) is 97.4 Å². The first-order valence-electron chi connectivity index (χ1n) is 12.3. The van der Waals surface area contributed by atoms with Crippen LogP contribution in [0.1, 0.15) is 68.2 Å². The Labute approximate surface area is 235 Å². The summed E-state index contributed by atoms with van der Waals surface area (Å²) in [6, 6.07) is 0. The van der Waals surface area contributed by atoms with Crippen molar-refractivity contribution in [3.8, 4) is 0 Å². The highest BCUT2D eigenvalue weighted by atomic mass is 19.4. The Morgan fingerprint density at radius 3 is 1.33 bits per heavy atom. The normalized spacial score (nSPS) is 22.1. The molecule has 17 heteroatoms. The third-order valence-corrected chi connectivity index (χ3v) is 6.13. The summed E-state index contributed by atoms with van der Waals surface area (Å²) < 4.78 is 153. The van der Waals surface area contributed by atoms with Crippen molar-refractivity contribution in [1.29, 1.82) is 0 Å². The van der Waals surface area contributed by atoms with Gasteiger partial charge < -0.3 is 23.7 Å². The molecule has 1 aliphatic carbocycles. The average Bonchev–Trinajstić information content (AvgIpc) is 3.10. The van der Waals surface area contributed by atoms with Crippen molar-refractivity contribution in [3.63, 3.8) is 0 Å². The molecule has 244 valence electrons. The van der Waals surface area contributed by atoms with Crippen molar-refractivity contribution >= 4 is 18.3 Å². The molecule has 0 heterocycles. The number of halogens is 9. The highest BCUT2D eigenvalue weighted by Crippen LogP contribution is 2.59. The summed E-state index contributed by atoms with van der Waals surface area (Å²) in [5.41, 5.74) is -13.1. The Bertz CT molecular complexity index is 1020. The van der Waals surface area contributed by atoms with Crippen LogP contribution in [0, 0.1) is 11.8 Å². The summed E-state index contributed by atoms with van der Waals surface area (Å²) in [5.74, 6) is -7.46. The highest BCUT2D eigenvalue weighted by Gasteiger charge is 2.81. The number of carbonyl (C=O) groups excluding carboxylic acids is 3. The molecule has 0 aromatic carbocycles. The van der Waals surface area contributed by atoms with E-state index >= 15 is 0 Å². The smallest absolute Gasteiger partial charge is 0.458 e. The van der Waals surface area contributed by atoms with Gasteiger partial charge in [0.25, 0.3) is 0 Å². The molecule has 0 N–H and O–H groups in total. The molecule has 8 nitrogen and oxygen atoms in total.